The van der Waals surface area contributed by atoms with Gasteiger partial charge in [0.2, 0.25) is 0 Å². The van der Waals surface area contributed by atoms with Gasteiger partial charge in [0.25, 0.3) is 5.91 Å². The molecule has 2 amide bonds. The van der Waals surface area contributed by atoms with Crippen LogP contribution in [0.2, 0.25) is 0 Å². The number of thioether (sulfide) groups is 1. The molecule has 0 aromatic carbocycles. The maximum Gasteiger partial charge on any atom is 0.408 e. The molecule has 28 heavy (non-hydrogen) atoms. The third kappa shape index (κ3) is 4.19. The van der Waals surface area contributed by atoms with Crippen molar-refractivity contribution in [1.29, 1.82) is 0 Å². The number of allylic oxidation sites excluding steroid dienone is 1. The second-order valence-electron chi connectivity index (χ2n) is 7.33. The Morgan fingerprint density at radius 3 is 2.75 bits per heavy atom. The molecule has 2 aliphatic rings. The monoisotopic (exact) mass is 403 g/mol. The average molecular weight is 403 g/mol. The lowest BCUT2D eigenvalue weighted by Crippen LogP contribution is -2.70. The molecule has 0 saturated carbocycles. The second-order valence-corrected chi connectivity index (χ2v) is 8.44. The first-order valence-corrected chi connectivity index (χ1v) is 9.71. The zero-order valence-electron chi connectivity index (χ0n) is 15.7. The van der Waals surface area contributed by atoms with Gasteiger partial charge in [0.05, 0.1) is 0 Å². The predicted octanol–water partition coefficient (Wildman–Crippen LogP) is 2.24. The fourth-order valence-corrected chi connectivity index (χ4v) is 4.20. The van der Waals surface area contributed by atoms with Gasteiger partial charge in [-0.2, -0.15) is 0 Å². The number of alkyl carbamates (subject to hydrolysis) is 1. The number of hydrogen-bond donors (Lipinski definition) is 2. The molecule has 1 fully saturated rings. The Kier molecular flexibility index (Phi) is 5.46. The fraction of sp³-hybridized carbons (Fsp3) is 0.368. The first kappa shape index (κ1) is 19.9. The quantitative estimate of drug-likeness (QED) is 0.742. The molecule has 3 rings (SSSR count). The van der Waals surface area contributed by atoms with E-state index in [0.29, 0.717) is 11.3 Å². The van der Waals surface area contributed by atoms with Crippen LogP contribution >= 0.6 is 11.8 Å². The van der Waals surface area contributed by atoms with Crippen LogP contribution < -0.4 is 5.32 Å². The Morgan fingerprint density at radius 1 is 1.39 bits per heavy atom. The number of pyridine rings is 1. The minimum atomic E-state index is -1.18. The lowest BCUT2D eigenvalue weighted by atomic mass is 10.0. The normalized spacial score (nSPS) is 22.0. The van der Waals surface area contributed by atoms with E-state index in [-0.39, 0.29) is 5.70 Å². The number of carbonyl (C=O) groups is 3. The number of nitrogens with zero attached hydrogens (tertiary/aromatic N) is 2. The molecular formula is C19H21N3O5S. The van der Waals surface area contributed by atoms with Gasteiger partial charge in [-0.05, 0) is 38.0 Å². The van der Waals surface area contributed by atoms with Crippen LogP contribution in [0, 0.1) is 0 Å². The van der Waals surface area contributed by atoms with Gasteiger partial charge in [-0.1, -0.05) is 18.2 Å². The van der Waals surface area contributed by atoms with Crippen molar-refractivity contribution in [2.75, 3.05) is 5.75 Å². The summed E-state index contributed by atoms with van der Waals surface area (Å²) in [5.41, 5.74) is 0.608. The predicted molar refractivity (Wildman–Crippen MR) is 104 cm³/mol. The number of carboxylic acids is 1. The molecule has 1 saturated heterocycles. The van der Waals surface area contributed by atoms with Gasteiger partial charge in [0.15, 0.2) is 0 Å². The highest BCUT2D eigenvalue weighted by atomic mass is 32.2. The number of fused-ring (bicyclic) bond motifs is 1. The molecule has 0 radical (unpaired) electrons. The SMILES string of the molecule is CC(C)(C)OC(=O)N[C@@H]1C(=O)N2C(C(=O)O)=C(/C=C\c3cccnc3)CS[C@@H]12. The lowest BCUT2D eigenvalue weighted by molar-refractivity contribution is -0.149. The van der Waals surface area contributed by atoms with E-state index >= 15 is 0 Å². The maximum atomic E-state index is 12.5. The van der Waals surface area contributed by atoms with Crippen molar-refractivity contribution in [3.63, 3.8) is 0 Å². The molecule has 2 atom stereocenters. The molecule has 1 aromatic heterocycles. The Labute approximate surface area is 166 Å². The number of aromatic nitrogens is 1. The van der Waals surface area contributed by atoms with Crippen LogP contribution in [-0.4, -0.2) is 55.7 Å². The number of ether oxygens (including phenoxy) is 1. The Bertz CT molecular complexity index is 860. The van der Waals surface area contributed by atoms with Gasteiger partial charge in [0.1, 0.15) is 22.7 Å². The van der Waals surface area contributed by atoms with Crippen LogP contribution in [0.25, 0.3) is 6.08 Å². The van der Waals surface area contributed by atoms with E-state index in [1.165, 1.54) is 16.7 Å². The summed E-state index contributed by atoms with van der Waals surface area (Å²) in [5, 5.41) is 11.7. The van der Waals surface area contributed by atoms with Gasteiger partial charge in [-0.15, -0.1) is 11.8 Å². The van der Waals surface area contributed by atoms with Crippen LogP contribution in [0.3, 0.4) is 0 Å². The Hall–Kier alpha value is -2.81. The number of carbonyl (C=O) groups excluding carboxylic acids is 2. The minimum Gasteiger partial charge on any atom is -0.477 e. The molecule has 0 bridgehead atoms. The highest BCUT2D eigenvalue weighted by Gasteiger charge is 2.54. The van der Waals surface area contributed by atoms with Crippen LogP contribution in [-0.2, 0) is 14.3 Å². The van der Waals surface area contributed by atoms with Crippen LogP contribution in [0.15, 0.2) is 41.9 Å². The van der Waals surface area contributed by atoms with Crippen molar-refractivity contribution >= 4 is 35.8 Å². The number of carboxylic acid groups (broad SMARTS) is 1. The van der Waals surface area contributed by atoms with Gasteiger partial charge in [-0.3, -0.25) is 14.7 Å². The third-order valence-corrected chi connectivity index (χ3v) is 5.34. The summed E-state index contributed by atoms with van der Waals surface area (Å²) in [6.45, 7) is 5.18. The van der Waals surface area contributed by atoms with Crippen molar-refractivity contribution in [3.8, 4) is 0 Å². The molecule has 0 unspecified atom stereocenters. The van der Waals surface area contributed by atoms with Crippen molar-refractivity contribution in [2.45, 2.75) is 37.8 Å². The number of amides is 2. The van der Waals surface area contributed by atoms with E-state index in [1.54, 1.807) is 51.4 Å². The number of nitrogens with one attached hydrogen (secondary N) is 1. The summed E-state index contributed by atoms with van der Waals surface area (Å²) >= 11 is 1.40. The first-order valence-electron chi connectivity index (χ1n) is 8.66. The van der Waals surface area contributed by atoms with E-state index in [1.807, 2.05) is 6.07 Å². The first-order chi connectivity index (χ1) is 13.2. The van der Waals surface area contributed by atoms with Crippen LogP contribution in [0.5, 0.6) is 0 Å². The van der Waals surface area contributed by atoms with Gasteiger partial charge in [-0.25, -0.2) is 9.59 Å². The van der Waals surface area contributed by atoms with Gasteiger partial charge >= 0.3 is 12.1 Å². The number of hydrogen-bond acceptors (Lipinski definition) is 6. The van der Waals surface area contributed by atoms with E-state index < -0.39 is 35.0 Å². The summed E-state index contributed by atoms with van der Waals surface area (Å²) in [6, 6.07) is 2.82. The minimum absolute atomic E-state index is 0.0591. The van der Waals surface area contributed by atoms with Crippen molar-refractivity contribution in [3.05, 3.63) is 47.4 Å². The Balaban J connectivity index is 1.77. The summed E-state index contributed by atoms with van der Waals surface area (Å²) < 4.78 is 5.18. The van der Waals surface area contributed by atoms with Crippen LogP contribution in [0.4, 0.5) is 4.79 Å². The molecule has 2 aliphatic heterocycles. The van der Waals surface area contributed by atoms with Gasteiger partial charge in [0, 0.05) is 18.1 Å². The molecule has 3 heterocycles. The van der Waals surface area contributed by atoms with Crippen LogP contribution in [0.1, 0.15) is 26.3 Å². The van der Waals surface area contributed by atoms with E-state index in [4.69, 9.17) is 4.74 Å². The molecule has 0 aliphatic carbocycles. The average Bonchev–Trinajstić information content (AvgIpc) is 2.62. The zero-order valence-corrected chi connectivity index (χ0v) is 16.5. The second kappa shape index (κ2) is 7.67. The molecular weight excluding hydrogens is 382 g/mol. The van der Waals surface area contributed by atoms with E-state index in [0.717, 1.165) is 5.56 Å². The topological polar surface area (TPSA) is 109 Å². The molecule has 1 aromatic rings. The number of aliphatic carboxylic acids is 1. The van der Waals surface area contributed by atoms with Crippen molar-refractivity contribution < 1.29 is 24.2 Å². The molecule has 8 nitrogen and oxygen atoms in total. The smallest absolute Gasteiger partial charge is 0.408 e. The number of β-lactam (4-membered cyclic amide) rings is 1. The maximum absolute atomic E-state index is 12.5. The summed E-state index contributed by atoms with van der Waals surface area (Å²) in [6.07, 6.45) is 6.05. The summed E-state index contributed by atoms with van der Waals surface area (Å²) in [7, 11) is 0. The summed E-state index contributed by atoms with van der Waals surface area (Å²) in [4.78, 5) is 41.5. The standard InChI is InChI=1S/C19H21N3O5S/c1-19(2,3)27-18(26)21-13-15(23)22-14(17(24)25)12(10-28-16(13)22)7-6-11-5-4-8-20-9-11/h4-9,13,16H,10H2,1-3H3,(H,21,26)(H,24,25)/b7-6-/t13-,16+/m1/s1. The molecule has 0 spiro atoms. The van der Waals surface area contributed by atoms with E-state index in [9.17, 15) is 19.5 Å². The third-order valence-electron chi connectivity index (χ3n) is 4.03. The summed E-state index contributed by atoms with van der Waals surface area (Å²) in [5.74, 6) is -1.24. The van der Waals surface area contributed by atoms with Crippen molar-refractivity contribution in [2.24, 2.45) is 0 Å². The Morgan fingerprint density at radius 2 is 2.14 bits per heavy atom. The highest BCUT2D eigenvalue weighted by Crippen LogP contribution is 2.40. The molecule has 148 valence electrons. The largest absolute Gasteiger partial charge is 0.477 e. The zero-order chi connectivity index (χ0) is 20.5. The van der Waals surface area contributed by atoms with Gasteiger partial charge < -0.3 is 15.2 Å². The lowest BCUT2D eigenvalue weighted by Gasteiger charge is -2.49. The molecule has 9 heteroatoms. The van der Waals surface area contributed by atoms with Crippen molar-refractivity contribution in [1.82, 2.24) is 15.2 Å². The highest BCUT2D eigenvalue weighted by molar-refractivity contribution is 8.00. The molecule has 2 N–H and O–H groups in total. The van der Waals surface area contributed by atoms with E-state index in [2.05, 4.69) is 10.3 Å². The number of rotatable bonds is 4. The fourth-order valence-electron chi connectivity index (χ4n) is 2.88.